The highest BCUT2D eigenvalue weighted by molar-refractivity contribution is 5.89. The maximum absolute atomic E-state index is 12.3. The number of benzene rings is 1. The van der Waals surface area contributed by atoms with E-state index in [0.717, 1.165) is 55.8 Å². The third-order valence-corrected chi connectivity index (χ3v) is 6.37. The summed E-state index contributed by atoms with van der Waals surface area (Å²) in [5, 5.41) is 10.5. The number of carboxylic acid groups (broad SMARTS) is 1. The molecule has 164 valence electrons. The molecule has 0 aliphatic carbocycles. The molecule has 2 aliphatic heterocycles. The minimum atomic E-state index is -1.20. The van der Waals surface area contributed by atoms with E-state index in [-0.39, 0.29) is 18.0 Å². The maximum Gasteiger partial charge on any atom is 0.341 e. The van der Waals surface area contributed by atoms with Gasteiger partial charge in [0, 0.05) is 24.3 Å². The first-order valence-corrected chi connectivity index (χ1v) is 10.5. The first-order chi connectivity index (χ1) is 14.6. The number of fused-ring (bicyclic) bond motifs is 3. The molecule has 1 fully saturated rings. The van der Waals surface area contributed by atoms with Gasteiger partial charge in [-0.2, -0.15) is 0 Å². The highest BCUT2D eigenvalue weighted by Gasteiger charge is 2.30. The number of nitrogens with one attached hydrogen (secondary N) is 1. The van der Waals surface area contributed by atoms with Crippen molar-refractivity contribution in [3.05, 3.63) is 57.5 Å². The van der Waals surface area contributed by atoms with Crippen LogP contribution >= 0.6 is 12.4 Å². The van der Waals surface area contributed by atoms with Gasteiger partial charge in [-0.25, -0.2) is 4.79 Å². The lowest BCUT2D eigenvalue weighted by molar-refractivity contribution is 0.00178. The predicted molar refractivity (Wildman–Crippen MR) is 121 cm³/mol. The van der Waals surface area contributed by atoms with Crippen molar-refractivity contribution in [2.75, 3.05) is 26.3 Å². The molecule has 3 aromatic rings. The van der Waals surface area contributed by atoms with Crippen molar-refractivity contribution in [2.45, 2.75) is 32.4 Å². The summed E-state index contributed by atoms with van der Waals surface area (Å²) >= 11 is 0. The fourth-order valence-electron chi connectivity index (χ4n) is 4.87. The Morgan fingerprint density at radius 3 is 2.71 bits per heavy atom. The van der Waals surface area contributed by atoms with Crippen LogP contribution in [0.4, 0.5) is 0 Å². The average Bonchev–Trinajstić information content (AvgIpc) is 3.33. The Morgan fingerprint density at radius 2 is 2.00 bits per heavy atom. The van der Waals surface area contributed by atoms with E-state index >= 15 is 0 Å². The number of morpholine rings is 1. The van der Waals surface area contributed by atoms with Gasteiger partial charge in [0.05, 0.1) is 30.6 Å². The summed E-state index contributed by atoms with van der Waals surface area (Å²) in [6.07, 6.45) is 3.11. The largest absolute Gasteiger partial charge is 0.477 e. The van der Waals surface area contributed by atoms with E-state index < -0.39 is 11.5 Å². The highest BCUT2D eigenvalue weighted by atomic mass is 35.5. The van der Waals surface area contributed by atoms with Gasteiger partial charge in [0.15, 0.2) is 0 Å². The number of aromatic amines is 1. The molecule has 2 N–H and O–H groups in total. The first-order valence-electron chi connectivity index (χ1n) is 10.5. The van der Waals surface area contributed by atoms with Gasteiger partial charge in [0.1, 0.15) is 5.56 Å². The van der Waals surface area contributed by atoms with Gasteiger partial charge in [-0.05, 0) is 48.4 Å². The van der Waals surface area contributed by atoms with Crippen molar-refractivity contribution < 1.29 is 14.6 Å². The number of nitrogens with zero attached hydrogens (tertiary/aromatic N) is 2. The number of aromatic carboxylic acids is 1. The second kappa shape index (κ2) is 8.49. The molecular formula is C23H26ClN3O4. The summed E-state index contributed by atoms with van der Waals surface area (Å²) in [6.45, 7) is 5.38. The number of aryl methyl sites for hydroxylation is 2. The monoisotopic (exact) mass is 443 g/mol. The van der Waals surface area contributed by atoms with Gasteiger partial charge >= 0.3 is 5.97 Å². The van der Waals surface area contributed by atoms with E-state index in [1.807, 2.05) is 13.0 Å². The number of aromatic nitrogens is 2. The number of hydrogen-bond donors (Lipinski definition) is 2. The van der Waals surface area contributed by atoms with E-state index in [9.17, 15) is 14.7 Å². The van der Waals surface area contributed by atoms with Crippen LogP contribution < -0.4 is 5.56 Å². The van der Waals surface area contributed by atoms with Crippen LogP contribution in [-0.4, -0.2) is 51.8 Å². The fourth-order valence-corrected chi connectivity index (χ4v) is 4.87. The highest BCUT2D eigenvalue weighted by Crippen LogP contribution is 2.37. The topological polar surface area (TPSA) is 87.6 Å². The maximum atomic E-state index is 12.3. The lowest BCUT2D eigenvalue weighted by Gasteiger charge is -2.33. The molecule has 4 heterocycles. The average molecular weight is 444 g/mol. The minimum absolute atomic E-state index is 0. The molecular weight excluding hydrogens is 418 g/mol. The van der Waals surface area contributed by atoms with Crippen molar-refractivity contribution in [1.82, 2.24) is 14.5 Å². The summed E-state index contributed by atoms with van der Waals surface area (Å²) in [7, 11) is 0. The van der Waals surface area contributed by atoms with Crippen LogP contribution in [0.15, 0.2) is 35.1 Å². The second-order valence-corrected chi connectivity index (χ2v) is 8.02. The zero-order valence-electron chi connectivity index (χ0n) is 17.4. The number of H-pyrrole nitrogens is 1. The van der Waals surface area contributed by atoms with Gasteiger partial charge < -0.3 is 19.4 Å². The van der Waals surface area contributed by atoms with Crippen molar-refractivity contribution in [1.29, 1.82) is 0 Å². The Hall–Kier alpha value is -2.61. The van der Waals surface area contributed by atoms with Crippen molar-refractivity contribution in [3.63, 3.8) is 0 Å². The molecule has 1 aromatic carbocycles. The second-order valence-electron chi connectivity index (χ2n) is 8.02. The number of rotatable bonds is 4. The van der Waals surface area contributed by atoms with Crippen LogP contribution in [0.2, 0.25) is 0 Å². The van der Waals surface area contributed by atoms with Gasteiger partial charge in [-0.3, -0.25) is 9.69 Å². The Labute approximate surface area is 186 Å². The van der Waals surface area contributed by atoms with Crippen LogP contribution in [-0.2, 0) is 17.6 Å². The van der Waals surface area contributed by atoms with Gasteiger partial charge in [0.25, 0.3) is 5.56 Å². The first kappa shape index (κ1) is 21.6. The van der Waals surface area contributed by atoms with Crippen LogP contribution in [0.25, 0.3) is 22.2 Å². The Balaban J connectivity index is 0.00000231. The molecule has 1 saturated heterocycles. The molecule has 1 unspecified atom stereocenters. The zero-order valence-corrected chi connectivity index (χ0v) is 18.2. The van der Waals surface area contributed by atoms with Gasteiger partial charge in [-0.15, -0.1) is 12.4 Å². The fraction of sp³-hybridized carbons (Fsp3) is 0.391. The van der Waals surface area contributed by atoms with Crippen molar-refractivity contribution in [3.8, 4) is 11.3 Å². The number of hydrogen-bond acceptors (Lipinski definition) is 4. The summed E-state index contributed by atoms with van der Waals surface area (Å²) in [4.78, 5) is 29.0. The molecule has 2 aromatic heterocycles. The number of carboxylic acids is 1. The number of halogens is 1. The molecule has 0 radical (unpaired) electrons. The molecule has 2 aliphatic rings. The molecule has 0 bridgehead atoms. The van der Waals surface area contributed by atoms with Crippen LogP contribution in [0, 0.1) is 0 Å². The molecule has 1 atom stereocenters. The molecule has 0 amide bonds. The van der Waals surface area contributed by atoms with Crippen LogP contribution in [0.3, 0.4) is 0 Å². The molecule has 31 heavy (non-hydrogen) atoms. The molecule has 8 heteroatoms. The number of carbonyl (C=O) groups is 1. The zero-order chi connectivity index (χ0) is 20.8. The molecule has 5 rings (SSSR count). The van der Waals surface area contributed by atoms with Gasteiger partial charge in [0.2, 0.25) is 0 Å². The minimum Gasteiger partial charge on any atom is -0.477 e. The standard InChI is InChI=1S/C23H25N3O4.ClH/c1-2-14-12-18(23(28)29)22(27)24-21(14)16-4-3-15-11-17-5-6-20(26(17)19(15)13-16)25-7-9-30-10-8-25;/h3-4,11-13,20H,2,5-10H2,1H3,(H,24,27)(H,28,29);1H. The summed E-state index contributed by atoms with van der Waals surface area (Å²) in [5.74, 6) is -1.20. The van der Waals surface area contributed by atoms with E-state index in [1.54, 1.807) is 0 Å². The smallest absolute Gasteiger partial charge is 0.341 e. The predicted octanol–water partition coefficient (Wildman–Crippen LogP) is 3.46. The van der Waals surface area contributed by atoms with Gasteiger partial charge in [-0.1, -0.05) is 19.1 Å². The Bertz CT molecular complexity index is 1190. The van der Waals surface area contributed by atoms with Crippen LogP contribution in [0.5, 0.6) is 0 Å². The lowest BCUT2D eigenvalue weighted by Crippen LogP contribution is -2.40. The van der Waals surface area contributed by atoms with E-state index in [1.165, 1.54) is 17.1 Å². The number of pyridine rings is 1. The quantitative estimate of drug-likeness (QED) is 0.644. The third-order valence-electron chi connectivity index (χ3n) is 6.37. The Morgan fingerprint density at radius 1 is 1.23 bits per heavy atom. The Kier molecular flexibility index (Phi) is 5.92. The summed E-state index contributed by atoms with van der Waals surface area (Å²) < 4.78 is 7.96. The van der Waals surface area contributed by atoms with E-state index in [4.69, 9.17) is 4.74 Å². The third kappa shape index (κ3) is 3.67. The normalized spacial score (nSPS) is 18.7. The molecule has 0 spiro atoms. The van der Waals surface area contributed by atoms with Crippen LogP contribution in [0.1, 0.15) is 41.1 Å². The van der Waals surface area contributed by atoms with E-state index in [0.29, 0.717) is 18.3 Å². The SMILES string of the molecule is CCc1cc(C(=O)O)c(=O)[nH]c1-c1ccc2cc3n(c2c1)C(N1CCOCC1)CC3.Cl. The summed E-state index contributed by atoms with van der Waals surface area (Å²) in [5.41, 5.74) is 4.14. The lowest BCUT2D eigenvalue weighted by atomic mass is 10.0. The van der Waals surface area contributed by atoms with Crippen molar-refractivity contribution >= 4 is 29.3 Å². The number of ether oxygens (including phenoxy) is 1. The molecule has 7 nitrogen and oxygen atoms in total. The van der Waals surface area contributed by atoms with Crippen molar-refractivity contribution in [2.24, 2.45) is 0 Å². The van der Waals surface area contributed by atoms with E-state index in [2.05, 4.69) is 32.7 Å². The molecule has 0 saturated carbocycles. The summed E-state index contributed by atoms with van der Waals surface area (Å²) in [6, 6.07) is 9.99.